The molecule has 0 saturated heterocycles. The van der Waals surface area contributed by atoms with Gasteiger partial charge in [-0.15, -0.1) is 11.3 Å². The first-order valence-corrected chi connectivity index (χ1v) is 7.54. The first-order valence-electron chi connectivity index (χ1n) is 5.86. The zero-order chi connectivity index (χ0) is 13.1. The highest BCUT2D eigenvalue weighted by molar-refractivity contribution is 9.10. The number of hydrogen-bond acceptors (Lipinski definition) is 3. The quantitative estimate of drug-likeness (QED) is 0.796. The van der Waals surface area contributed by atoms with Crippen molar-refractivity contribution in [3.05, 3.63) is 39.1 Å². The highest BCUT2D eigenvalue weighted by Gasteiger charge is 2.19. The van der Waals surface area contributed by atoms with Crippen molar-refractivity contribution in [2.45, 2.75) is 20.0 Å². The fourth-order valence-electron chi connectivity index (χ4n) is 1.87. The Morgan fingerprint density at radius 2 is 2.00 bits per heavy atom. The second-order valence-electron chi connectivity index (χ2n) is 4.45. The monoisotopic (exact) mass is 325 g/mol. The van der Waals surface area contributed by atoms with Crippen LogP contribution in [-0.2, 0) is 4.74 Å². The summed E-state index contributed by atoms with van der Waals surface area (Å²) >= 11 is 5.22. The van der Waals surface area contributed by atoms with E-state index in [1.165, 1.54) is 0 Å². The van der Waals surface area contributed by atoms with Crippen molar-refractivity contribution in [3.8, 4) is 11.3 Å². The van der Waals surface area contributed by atoms with Gasteiger partial charge in [0.15, 0.2) is 0 Å². The second kappa shape index (κ2) is 5.95. The number of rotatable bonds is 4. The first kappa shape index (κ1) is 13.7. The molecule has 1 heterocycles. The first-order chi connectivity index (χ1) is 8.63. The number of thiazole rings is 1. The minimum atomic E-state index is 0.0752. The Labute approximate surface area is 120 Å². The van der Waals surface area contributed by atoms with E-state index in [0.717, 1.165) is 20.7 Å². The Morgan fingerprint density at radius 3 is 2.61 bits per heavy atom. The molecule has 2 aromatic rings. The number of methoxy groups -OCH3 is 1. The van der Waals surface area contributed by atoms with Gasteiger partial charge in [-0.05, 0) is 12.0 Å². The Kier molecular flexibility index (Phi) is 4.54. The second-order valence-corrected chi connectivity index (χ2v) is 6.20. The van der Waals surface area contributed by atoms with Crippen LogP contribution in [0.3, 0.4) is 0 Å². The fourth-order valence-corrected chi connectivity index (χ4v) is 3.42. The van der Waals surface area contributed by atoms with Gasteiger partial charge >= 0.3 is 0 Å². The molecule has 0 fully saturated rings. The number of aromatic nitrogens is 1. The Balaban J connectivity index is 2.34. The molecule has 1 unspecified atom stereocenters. The SMILES string of the molecule is COC(c1nc(-c2ccccc2Br)cs1)C(C)C. The molecule has 0 amide bonds. The molecule has 0 aliphatic heterocycles. The average Bonchev–Trinajstić information content (AvgIpc) is 2.79. The molecule has 1 aromatic heterocycles. The van der Waals surface area contributed by atoms with Crippen LogP contribution in [0.15, 0.2) is 34.1 Å². The zero-order valence-corrected chi connectivity index (χ0v) is 13.1. The van der Waals surface area contributed by atoms with Crippen molar-refractivity contribution >= 4 is 27.3 Å². The van der Waals surface area contributed by atoms with Crippen LogP contribution in [0.1, 0.15) is 25.0 Å². The summed E-state index contributed by atoms with van der Waals surface area (Å²) in [5, 5.41) is 3.13. The third-order valence-electron chi connectivity index (χ3n) is 2.77. The van der Waals surface area contributed by atoms with Gasteiger partial charge in [-0.2, -0.15) is 0 Å². The van der Waals surface area contributed by atoms with E-state index in [0.29, 0.717) is 5.92 Å². The van der Waals surface area contributed by atoms with Crippen molar-refractivity contribution in [2.24, 2.45) is 5.92 Å². The van der Waals surface area contributed by atoms with Crippen molar-refractivity contribution in [1.82, 2.24) is 4.98 Å². The zero-order valence-electron chi connectivity index (χ0n) is 10.7. The minimum absolute atomic E-state index is 0.0752. The van der Waals surface area contributed by atoms with Gasteiger partial charge in [-0.1, -0.05) is 48.0 Å². The van der Waals surface area contributed by atoms with Gasteiger partial charge in [0.1, 0.15) is 11.1 Å². The van der Waals surface area contributed by atoms with Crippen molar-refractivity contribution in [1.29, 1.82) is 0 Å². The van der Waals surface area contributed by atoms with Gasteiger partial charge < -0.3 is 4.74 Å². The number of halogens is 1. The van der Waals surface area contributed by atoms with Crippen molar-refractivity contribution in [2.75, 3.05) is 7.11 Å². The molecule has 1 atom stereocenters. The summed E-state index contributed by atoms with van der Waals surface area (Å²) in [5.41, 5.74) is 2.13. The lowest BCUT2D eigenvalue weighted by atomic mass is 10.1. The predicted octanol–water partition coefficient (Wildman–Crippen LogP) is 4.92. The molecule has 96 valence electrons. The highest BCUT2D eigenvalue weighted by Crippen LogP contribution is 2.33. The van der Waals surface area contributed by atoms with Crippen LogP contribution in [0.2, 0.25) is 0 Å². The number of nitrogens with zero attached hydrogens (tertiary/aromatic N) is 1. The Bertz CT molecular complexity index is 524. The van der Waals surface area contributed by atoms with E-state index in [2.05, 4.69) is 41.2 Å². The molecule has 0 saturated carbocycles. The van der Waals surface area contributed by atoms with Gasteiger partial charge in [-0.25, -0.2) is 4.98 Å². The van der Waals surface area contributed by atoms with E-state index in [-0.39, 0.29) is 6.10 Å². The summed E-state index contributed by atoms with van der Waals surface area (Å²) in [6.45, 7) is 4.29. The number of benzene rings is 1. The topological polar surface area (TPSA) is 22.1 Å². The van der Waals surface area contributed by atoms with E-state index in [4.69, 9.17) is 9.72 Å². The van der Waals surface area contributed by atoms with Crippen molar-refractivity contribution < 1.29 is 4.74 Å². The van der Waals surface area contributed by atoms with Crippen LogP contribution < -0.4 is 0 Å². The molecule has 1 aromatic carbocycles. The maximum absolute atomic E-state index is 5.51. The average molecular weight is 326 g/mol. The molecule has 18 heavy (non-hydrogen) atoms. The van der Waals surface area contributed by atoms with Gasteiger partial charge in [-0.3, -0.25) is 0 Å². The maximum Gasteiger partial charge on any atom is 0.122 e. The summed E-state index contributed by atoms with van der Waals surface area (Å²) in [6.07, 6.45) is 0.0752. The molecule has 4 heteroatoms. The van der Waals surface area contributed by atoms with Crippen LogP contribution in [-0.4, -0.2) is 12.1 Å². The lowest BCUT2D eigenvalue weighted by molar-refractivity contribution is 0.0645. The van der Waals surface area contributed by atoms with Crippen LogP contribution in [0.4, 0.5) is 0 Å². The third-order valence-corrected chi connectivity index (χ3v) is 4.37. The largest absolute Gasteiger partial charge is 0.374 e. The summed E-state index contributed by atoms with van der Waals surface area (Å²) in [6, 6.07) is 8.13. The van der Waals surface area contributed by atoms with Crippen molar-refractivity contribution in [3.63, 3.8) is 0 Å². The smallest absolute Gasteiger partial charge is 0.122 e. The molecule has 2 nitrogen and oxygen atoms in total. The standard InChI is InChI=1S/C14H16BrNOS/c1-9(2)13(17-3)14-16-12(8-18-14)10-6-4-5-7-11(10)15/h4-9,13H,1-3H3. The molecule has 0 aliphatic rings. The molecular formula is C14H16BrNOS. The van der Waals surface area contributed by atoms with Gasteiger partial charge in [0.2, 0.25) is 0 Å². The molecule has 0 bridgehead atoms. The van der Waals surface area contributed by atoms with E-state index in [9.17, 15) is 0 Å². The Morgan fingerprint density at radius 1 is 1.28 bits per heavy atom. The normalized spacial score (nSPS) is 12.9. The molecule has 0 N–H and O–H groups in total. The lowest BCUT2D eigenvalue weighted by Gasteiger charge is -2.16. The van der Waals surface area contributed by atoms with E-state index in [1.807, 2.05) is 18.2 Å². The van der Waals surface area contributed by atoms with Gasteiger partial charge in [0.05, 0.1) is 5.69 Å². The number of hydrogen-bond donors (Lipinski definition) is 0. The molecule has 0 spiro atoms. The third kappa shape index (κ3) is 2.82. The van der Waals surface area contributed by atoms with Gasteiger partial charge in [0, 0.05) is 22.5 Å². The lowest BCUT2D eigenvalue weighted by Crippen LogP contribution is -2.08. The predicted molar refractivity (Wildman–Crippen MR) is 79.8 cm³/mol. The molecular weight excluding hydrogens is 310 g/mol. The van der Waals surface area contributed by atoms with E-state index < -0.39 is 0 Å². The van der Waals surface area contributed by atoms with E-state index >= 15 is 0 Å². The molecule has 0 radical (unpaired) electrons. The molecule has 0 aliphatic carbocycles. The van der Waals surface area contributed by atoms with Crippen LogP contribution >= 0.6 is 27.3 Å². The van der Waals surface area contributed by atoms with E-state index in [1.54, 1.807) is 18.4 Å². The summed E-state index contributed by atoms with van der Waals surface area (Å²) in [5.74, 6) is 0.424. The maximum atomic E-state index is 5.51. The fraction of sp³-hybridized carbons (Fsp3) is 0.357. The Hall–Kier alpha value is -0.710. The van der Waals surface area contributed by atoms with Crippen LogP contribution in [0.5, 0.6) is 0 Å². The summed E-state index contributed by atoms with van der Waals surface area (Å²) < 4.78 is 6.58. The van der Waals surface area contributed by atoms with Crippen LogP contribution in [0, 0.1) is 5.92 Å². The summed E-state index contributed by atoms with van der Waals surface area (Å²) in [7, 11) is 1.74. The summed E-state index contributed by atoms with van der Waals surface area (Å²) in [4.78, 5) is 4.70. The highest BCUT2D eigenvalue weighted by atomic mass is 79.9. The van der Waals surface area contributed by atoms with Crippen LogP contribution in [0.25, 0.3) is 11.3 Å². The van der Waals surface area contributed by atoms with Gasteiger partial charge in [0.25, 0.3) is 0 Å². The molecule has 2 rings (SSSR count). The minimum Gasteiger partial charge on any atom is -0.374 e. The number of ether oxygens (including phenoxy) is 1.